The smallest absolute Gasteiger partial charge is 0.154 e. The summed E-state index contributed by atoms with van der Waals surface area (Å²) >= 11 is 13.8. The van der Waals surface area contributed by atoms with Crippen LogP contribution in [0.3, 0.4) is 0 Å². The Morgan fingerprint density at radius 3 is 1.95 bits per heavy atom. The quantitative estimate of drug-likeness (QED) is 0.518. The highest BCUT2D eigenvalue weighted by Gasteiger charge is 2.06. The van der Waals surface area contributed by atoms with Crippen LogP contribution in [0.5, 0.6) is 11.5 Å². The van der Waals surface area contributed by atoms with Crippen LogP contribution in [0.25, 0.3) is 0 Å². The van der Waals surface area contributed by atoms with E-state index < -0.39 is 0 Å². The monoisotopic (exact) mass is 341 g/mol. The predicted molar refractivity (Wildman–Crippen MR) is 97.0 cm³/mol. The number of rotatable bonds is 5. The van der Waals surface area contributed by atoms with Crippen molar-refractivity contribution < 1.29 is 4.74 Å². The summed E-state index contributed by atoms with van der Waals surface area (Å²) in [6.45, 7) is 0. The summed E-state index contributed by atoms with van der Waals surface area (Å²) in [4.78, 5) is 11.7. The molecular weight excluding hydrogens is 334 g/mol. The van der Waals surface area contributed by atoms with E-state index in [4.69, 9.17) is 4.74 Å². The molecule has 4 nitrogen and oxygen atoms in total. The SMILES string of the molecule is S=C=Nc1ccc(Oc2ccc(N=C=S)cc2N=C=S)cc1. The highest BCUT2D eigenvalue weighted by Crippen LogP contribution is 2.35. The van der Waals surface area contributed by atoms with Gasteiger partial charge in [0, 0.05) is 0 Å². The van der Waals surface area contributed by atoms with Gasteiger partial charge in [-0.1, -0.05) is 0 Å². The Morgan fingerprint density at radius 2 is 1.32 bits per heavy atom. The molecule has 0 aliphatic rings. The molecule has 0 N–H and O–H groups in total. The number of benzene rings is 2. The van der Waals surface area contributed by atoms with Crippen LogP contribution in [0.15, 0.2) is 57.4 Å². The Labute approximate surface area is 142 Å². The van der Waals surface area contributed by atoms with Crippen molar-refractivity contribution in [2.24, 2.45) is 15.0 Å². The first-order valence-electron chi connectivity index (χ1n) is 5.92. The second-order valence-electron chi connectivity index (χ2n) is 3.86. The standard InChI is InChI=1S/C15H7N3OS3/c20-8-16-11-1-4-13(5-2-11)19-15-6-3-12(17-9-21)7-14(15)18-10-22/h1-7H. The Hall–Kier alpha value is -2.36. The third kappa shape index (κ3) is 4.32. The van der Waals surface area contributed by atoms with Gasteiger partial charge in [0.2, 0.25) is 0 Å². The molecule has 2 aromatic carbocycles. The van der Waals surface area contributed by atoms with E-state index in [9.17, 15) is 0 Å². The average Bonchev–Trinajstić information content (AvgIpc) is 2.52. The van der Waals surface area contributed by atoms with Crippen molar-refractivity contribution in [1.82, 2.24) is 0 Å². The summed E-state index contributed by atoms with van der Waals surface area (Å²) in [7, 11) is 0. The Morgan fingerprint density at radius 1 is 0.727 bits per heavy atom. The third-order valence-corrected chi connectivity index (χ3v) is 2.80. The Kier molecular flexibility index (Phi) is 5.95. The number of aliphatic imine (C=N–C) groups is 3. The first-order valence-corrected chi connectivity index (χ1v) is 7.15. The number of hydrogen-bond donors (Lipinski definition) is 0. The van der Waals surface area contributed by atoms with Gasteiger partial charge in [0.1, 0.15) is 11.4 Å². The lowest BCUT2D eigenvalue weighted by atomic mass is 10.2. The summed E-state index contributed by atoms with van der Waals surface area (Å²) in [5, 5.41) is 6.91. The van der Waals surface area contributed by atoms with Crippen LogP contribution in [0.2, 0.25) is 0 Å². The molecule has 0 bridgehead atoms. The zero-order valence-electron chi connectivity index (χ0n) is 11.0. The minimum atomic E-state index is 0.502. The van der Waals surface area contributed by atoms with E-state index in [-0.39, 0.29) is 0 Å². The molecular formula is C15H7N3OS3. The van der Waals surface area contributed by atoms with Gasteiger partial charge in [-0.05, 0) is 79.1 Å². The number of thiocarbonyl (C=S) groups is 3. The molecule has 22 heavy (non-hydrogen) atoms. The van der Waals surface area contributed by atoms with Crippen LogP contribution >= 0.6 is 36.7 Å². The van der Waals surface area contributed by atoms with Gasteiger partial charge in [-0.3, -0.25) is 0 Å². The van der Waals surface area contributed by atoms with Crippen LogP contribution in [-0.2, 0) is 0 Å². The minimum Gasteiger partial charge on any atom is -0.455 e. The van der Waals surface area contributed by atoms with Crippen LogP contribution in [0.4, 0.5) is 17.1 Å². The van der Waals surface area contributed by atoms with Crippen LogP contribution < -0.4 is 4.74 Å². The van der Waals surface area contributed by atoms with E-state index in [1.807, 2.05) is 0 Å². The molecule has 0 radical (unpaired) electrons. The molecule has 0 amide bonds. The largest absolute Gasteiger partial charge is 0.455 e. The van der Waals surface area contributed by atoms with Crippen molar-refractivity contribution >= 4 is 69.2 Å². The maximum atomic E-state index is 5.77. The fourth-order valence-electron chi connectivity index (χ4n) is 1.62. The fraction of sp³-hybridized carbons (Fsp3) is 0. The summed E-state index contributed by atoms with van der Waals surface area (Å²) < 4.78 is 5.77. The summed E-state index contributed by atoms with van der Waals surface area (Å²) in [6, 6.07) is 12.2. The number of ether oxygens (including phenoxy) is 1. The summed E-state index contributed by atoms with van der Waals surface area (Å²) in [6.07, 6.45) is 0. The van der Waals surface area contributed by atoms with E-state index in [1.54, 1.807) is 42.5 Å². The lowest BCUT2D eigenvalue weighted by Gasteiger charge is -2.08. The first kappa shape index (κ1) is 16.0. The number of isothiocyanates is 3. The minimum absolute atomic E-state index is 0.502. The second kappa shape index (κ2) is 8.17. The zero-order chi connectivity index (χ0) is 15.8. The van der Waals surface area contributed by atoms with Crippen molar-refractivity contribution in [2.75, 3.05) is 0 Å². The summed E-state index contributed by atoms with van der Waals surface area (Å²) in [5.41, 5.74) is 1.81. The van der Waals surface area contributed by atoms with E-state index in [0.717, 1.165) is 0 Å². The highest BCUT2D eigenvalue weighted by molar-refractivity contribution is 7.78. The molecule has 106 valence electrons. The molecule has 0 aliphatic carbocycles. The molecule has 0 aromatic heterocycles. The Bertz CT molecular complexity index is 830. The molecule has 0 unspecified atom stereocenters. The van der Waals surface area contributed by atoms with Crippen LogP contribution in [0.1, 0.15) is 0 Å². The molecule has 0 spiro atoms. The highest BCUT2D eigenvalue weighted by atomic mass is 32.1. The molecule has 0 aliphatic heterocycles. The fourth-order valence-corrected chi connectivity index (χ4v) is 1.93. The van der Waals surface area contributed by atoms with Crippen LogP contribution in [-0.4, -0.2) is 15.5 Å². The van der Waals surface area contributed by atoms with Crippen molar-refractivity contribution in [1.29, 1.82) is 0 Å². The molecule has 0 saturated carbocycles. The van der Waals surface area contributed by atoms with Crippen LogP contribution in [0, 0.1) is 0 Å². The molecule has 0 heterocycles. The maximum absolute atomic E-state index is 5.77. The molecule has 0 saturated heterocycles. The molecule has 7 heteroatoms. The van der Waals surface area contributed by atoms with Gasteiger partial charge >= 0.3 is 0 Å². The van der Waals surface area contributed by atoms with E-state index in [0.29, 0.717) is 28.6 Å². The summed E-state index contributed by atoms with van der Waals surface area (Å²) in [5.74, 6) is 1.14. The van der Waals surface area contributed by atoms with Crippen molar-refractivity contribution in [3.05, 3.63) is 42.5 Å². The second-order valence-corrected chi connectivity index (χ2v) is 4.40. The molecule has 0 fully saturated rings. The number of nitrogens with zero attached hydrogens (tertiary/aromatic N) is 3. The van der Waals surface area contributed by atoms with E-state index in [2.05, 4.69) is 67.1 Å². The van der Waals surface area contributed by atoms with E-state index in [1.165, 1.54) is 0 Å². The molecule has 0 atom stereocenters. The predicted octanol–water partition coefficient (Wildman–Crippen LogP) is 5.68. The van der Waals surface area contributed by atoms with Gasteiger partial charge in [0.05, 0.1) is 26.9 Å². The van der Waals surface area contributed by atoms with Gasteiger partial charge < -0.3 is 4.74 Å². The van der Waals surface area contributed by atoms with E-state index >= 15 is 0 Å². The number of hydrogen-bond acceptors (Lipinski definition) is 7. The lowest BCUT2D eigenvalue weighted by Crippen LogP contribution is -1.84. The normalized spacial score (nSPS) is 8.91. The topological polar surface area (TPSA) is 46.3 Å². The Balaban J connectivity index is 2.33. The average molecular weight is 341 g/mol. The third-order valence-electron chi connectivity index (χ3n) is 2.52. The zero-order valence-corrected chi connectivity index (χ0v) is 13.5. The van der Waals surface area contributed by atoms with Crippen molar-refractivity contribution in [2.45, 2.75) is 0 Å². The lowest BCUT2D eigenvalue weighted by molar-refractivity contribution is 0.484. The van der Waals surface area contributed by atoms with Gasteiger partial charge in [0.25, 0.3) is 0 Å². The molecule has 2 rings (SSSR count). The van der Waals surface area contributed by atoms with Gasteiger partial charge in [-0.15, -0.1) is 0 Å². The molecule has 2 aromatic rings. The van der Waals surface area contributed by atoms with Crippen molar-refractivity contribution in [3.63, 3.8) is 0 Å². The van der Waals surface area contributed by atoms with Gasteiger partial charge in [0.15, 0.2) is 5.75 Å². The first-order chi connectivity index (χ1) is 10.8. The maximum Gasteiger partial charge on any atom is 0.154 e. The van der Waals surface area contributed by atoms with Gasteiger partial charge in [-0.25, -0.2) is 0 Å². The van der Waals surface area contributed by atoms with Gasteiger partial charge in [-0.2, -0.15) is 15.0 Å². The van der Waals surface area contributed by atoms with Crippen molar-refractivity contribution in [3.8, 4) is 11.5 Å².